The highest BCUT2D eigenvalue weighted by atomic mass is 16.4. The molecular formula is C42H67N11O12. The summed E-state index contributed by atoms with van der Waals surface area (Å²) in [6.07, 6.45) is -1.11. The Hall–Kier alpha value is -6.36. The van der Waals surface area contributed by atoms with Crippen LogP contribution in [0.15, 0.2) is 35.3 Å². The number of amides is 7. The molecule has 9 atom stereocenters. The summed E-state index contributed by atoms with van der Waals surface area (Å²) in [4.78, 5) is 123. The maximum absolute atomic E-state index is 13.8. The Labute approximate surface area is 377 Å². The van der Waals surface area contributed by atoms with Crippen LogP contribution in [-0.4, -0.2) is 147 Å². The summed E-state index contributed by atoms with van der Waals surface area (Å²) in [6.45, 7) is 7.86. The van der Waals surface area contributed by atoms with E-state index in [0.717, 1.165) is 4.90 Å². The fourth-order valence-corrected chi connectivity index (χ4v) is 6.90. The molecule has 7 amide bonds. The first kappa shape index (κ1) is 54.8. The van der Waals surface area contributed by atoms with Gasteiger partial charge in [-0.15, -0.1) is 0 Å². The van der Waals surface area contributed by atoms with Gasteiger partial charge in [0.15, 0.2) is 5.96 Å². The number of carboxylic acid groups (broad SMARTS) is 2. The van der Waals surface area contributed by atoms with E-state index in [1.165, 1.54) is 6.92 Å². The number of guanidine groups is 1. The molecule has 2 rings (SSSR count). The maximum Gasteiger partial charge on any atom is 0.326 e. The molecule has 0 bridgehead atoms. The van der Waals surface area contributed by atoms with Crippen molar-refractivity contribution in [2.24, 2.45) is 34.0 Å². The van der Waals surface area contributed by atoms with Crippen LogP contribution in [-0.2, 0) is 49.6 Å². The predicted octanol–water partition coefficient (Wildman–Crippen LogP) is -2.83. The van der Waals surface area contributed by atoms with Gasteiger partial charge in [-0.3, -0.25) is 43.3 Å². The van der Waals surface area contributed by atoms with Crippen molar-refractivity contribution in [2.75, 3.05) is 19.6 Å². The second kappa shape index (κ2) is 27.1. The van der Waals surface area contributed by atoms with E-state index in [1.54, 1.807) is 51.1 Å². The van der Waals surface area contributed by atoms with E-state index in [9.17, 15) is 58.5 Å². The molecule has 0 spiro atoms. The van der Waals surface area contributed by atoms with Crippen LogP contribution < -0.4 is 49.1 Å². The van der Waals surface area contributed by atoms with Crippen LogP contribution in [0, 0.1) is 11.8 Å². The number of likely N-dealkylation sites (tertiary alicyclic amines) is 1. The topological polar surface area (TPSA) is 380 Å². The number of rotatable bonds is 27. The number of nitrogens with zero attached hydrogens (tertiary/aromatic N) is 2. The molecule has 15 N–H and O–H groups in total. The van der Waals surface area contributed by atoms with Gasteiger partial charge in [-0.1, -0.05) is 64.4 Å². The van der Waals surface area contributed by atoms with Gasteiger partial charge in [0.05, 0.1) is 25.1 Å². The maximum atomic E-state index is 13.8. The summed E-state index contributed by atoms with van der Waals surface area (Å²) in [6, 6.07) is -1.10. The van der Waals surface area contributed by atoms with E-state index in [0.29, 0.717) is 18.4 Å². The molecule has 1 heterocycles. The van der Waals surface area contributed by atoms with Crippen LogP contribution in [0.25, 0.3) is 0 Å². The van der Waals surface area contributed by atoms with Gasteiger partial charge in [-0.2, -0.15) is 0 Å². The van der Waals surface area contributed by atoms with Crippen molar-refractivity contribution >= 4 is 59.2 Å². The van der Waals surface area contributed by atoms with Crippen molar-refractivity contribution in [3.8, 4) is 0 Å². The van der Waals surface area contributed by atoms with E-state index < -0.39 is 115 Å². The van der Waals surface area contributed by atoms with Crippen molar-refractivity contribution < 1.29 is 58.5 Å². The van der Waals surface area contributed by atoms with Crippen LogP contribution in [0.3, 0.4) is 0 Å². The Morgan fingerprint density at radius 3 is 1.97 bits per heavy atom. The smallest absolute Gasteiger partial charge is 0.326 e. The lowest BCUT2D eigenvalue weighted by atomic mass is 9.98. The fraction of sp³-hybridized carbons (Fsp3) is 0.619. The zero-order chi connectivity index (χ0) is 49.0. The lowest BCUT2D eigenvalue weighted by Gasteiger charge is -2.29. The molecule has 0 saturated carbocycles. The van der Waals surface area contributed by atoms with E-state index in [2.05, 4.69) is 36.9 Å². The van der Waals surface area contributed by atoms with Crippen LogP contribution in [0.2, 0.25) is 0 Å². The minimum absolute atomic E-state index is 0.0202. The monoisotopic (exact) mass is 917 g/mol. The molecule has 0 aliphatic carbocycles. The first-order valence-corrected chi connectivity index (χ1v) is 21.6. The average molecular weight is 918 g/mol. The molecule has 1 aliphatic heterocycles. The standard InChI is InChI=1S/C42H67N11O12/c1-6-23(4)33(43)38(61)48-26(14-10-16-46-42(44)45)36(59)49-27(18-22(2)3)35(58)47-21-31(55)52-34(24(5)54)39(62)50-28(19-25-12-8-7-9-13-25)37(60)51-29(20-32(56)57)40(63)53-17-11-15-30(53)41(64)65/h7-9,12-13,22-24,26-30,33-34,54H,6,10-11,14-21,43H2,1-5H3,(H,47,58)(H,48,61)(H,49,59)(H,50,62)(H,51,60)(H,52,55)(H,56,57)(H,64,65)(H4,44,45,46)/t23-,24+,26-,27-,28-,29-,30-,33-,34-/m0/s1. The Bertz CT molecular complexity index is 1840. The molecule has 0 aromatic heterocycles. The number of hydrogen-bond acceptors (Lipinski definition) is 12. The molecule has 0 unspecified atom stereocenters. The van der Waals surface area contributed by atoms with Gasteiger partial charge >= 0.3 is 11.9 Å². The number of carbonyl (C=O) groups is 9. The molecule has 0 radical (unpaired) electrons. The second-order valence-electron chi connectivity index (χ2n) is 16.6. The van der Waals surface area contributed by atoms with Gasteiger partial charge in [0.2, 0.25) is 41.4 Å². The van der Waals surface area contributed by atoms with Crippen molar-refractivity contribution in [3.05, 3.63) is 35.9 Å². The van der Waals surface area contributed by atoms with Crippen molar-refractivity contribution in [2.45, 2.75) is 134 Å². The quantitative estimate of drug-likeness (QED) is 0.0241. The normalized spacial score (nSPS) is 17.1. The molecule has 1 aromatic rings. The highest BCUT2D eigenvalue weighted by molar-refractivity contribution is 5.98. The Morgan fingerprint density at radius 1 is 0.800 bits per heavy atom. The summed E-state index contributed by atoms with van der Waals surface area (Å²) in [7, 11) is 0. The average Bonchev–Trinajstić information content (AvgIpc) is 3.74. The Morgan fingerprint density at radius 2 is 1.40 bits per heavy atom. The number of carboxylic acids is 2. The molecule has 1 aliphatic rings. The summed E-state index contributed by atoms with van der Waals surface area (Å²) in [5.41, 5.74) is 17.4. The van der Waals surface area contributed by atoms with Crippen LogP contribution in [0.5, 0.6) is 0 Å². The SMILES string of the molecule is CC[C@H](C)[C@H](N)C(=O)N[C@@H](CCCN=C(N)N)C(=O)N[C@@H](CC(C)C)C(=O)NCC(=O)N[C@H](C(=O)N[C@@H](Cc1ccccc1)C(=O)N[C@@H](CC(=O)O)C(=O)N1CCC[C@H]1C(=O)O)[C@@H](C)O. The van der Waals surface area contributed by atoms with Gasteiger partial charge in [-0.05, 0) is 56.4 Å². The zero-order valence-electron chi connectivity index (χ0n) is 37.6. The van der Waals surface area contributed by atoms with Crippen LogP contribution >= 0.6 is 0 Å². The Kier molecular flexibility index (Phi) is 22.8. The number of aliphatic hydroxyl groups excluding tert-OH is 1. The number of nitrogens with two attached hydrogens (primary N) is 3. The highest BCUT2D eigenvalue weighted by Crippen LogP contribution is 2.20. The molecule has 1 aromatic carbocycles. The van der Waals surface area contributed by atoms with Gasteiger partial charge in [0.1, 0.15) is 36.3 Å². The van der Waals surface area contributed by atoms with Gasteiger partial charge in [0, 0.05) is 19.5 Å². The lowest BCUT2D eigenvalue weighted by Crippen LogP contribution is -2.60. The van der Waals surface area contributed by atoms with Crippen molar-refractivity contribution in [1.29, 1.82) is 0 Å². The van der Waals surface area contributed by atoms with E-state index >= 15 is 0 Å². The van der Waals surface area contributed by atoms with Crippen LogP contribution in [0.1, 0.15) is 85.1 Å². The molecule has 362 valence electrons. The fourth-order valence-electron chi connectivity index (χ4n) is 6.90. The molecule has 1 saturated heterocycles. The number of aliphatic carboxylic acids is 2. The lowest BCUT2D eigenvalue weighted by molar-refractivity contribution is -0.150. The zero-order valence-corrected chi connectivity index (χ0v) is 37.6. The number of nitrogens with one attached hydrogen (secondary N) is 6. The third-order valence-corrected chi connectivity index (χ3v) is 10.7. The minimum Gasteiger partial charge on any atom is -0.481 e. The van der Waals surface area contributed by atoms with Crippen LogP contribution in [0.4, 0.5) is 0 Å². The number of benzene rings is 1. The Balaban J connectivity index is 2.24. The predicted molar refractivity (Wildman–Crippen MR) is 236 cm³/mol. The third kappa shape index (κ3) is 18.7. The number of aliphatic hydroxyl groups is 1. The molecule has 1 fully saturated rings. The van der Waals surface area contributed by atoms with Gasteiger partial charge in [-0.25, -0.2) is 4.79 Å². The van der Waals surface area contributed by atoms with Crippen molar-refractivity contribution in [1.82, 2.24) is 36.8 Å². The van der Waals surface area contributed by atoms with E-state index in [-0.39, 0.29) is 63.0 Å². The number of carbonyl (C=O) groups excluding carboxylic acids is 7. The summed E-state index contributed by atoms with van der Waals surface area (Å²) >= 11 is 0. The number of aliphatic imine (C=N–C) groups is 1. The molecule has 23 nitrogen and oxygen atoms in total. The first-order valence-electron chi connectivity index (χ1n) is 21.6. The summed E-state index contributed by atoms with van der Waals surface area (Å²) < 4.78 is 0. The van der Waals surface area contributed by atoms with E-state index in [1.807, 2.05) is 6.92 Å². The minimum atomic E-state index is -1.71. The van der Waals surface area contributed by atoms with E-state index in [4.69, 9.17) is 17.2 Å². The first-order chi connectivity index (χ1) is 30.5. The molecule has 23 heteroatoms. The highest BCUT2D eigenvalue weighted by Gasteiger charge is 2.40. The summed E-state index contributed by atoms with van der Waals surface area (Å²) in [5, 5.41) is 44.6. The van der Waals surface area contributed by atoms with Gasteiger partial charge < -0.3 is 69.3 Å². The number of hydrogen-bond donors (Lipinski definition) is 12. The third-order valence-electron chi connectivity index (χ3n) is 10.7. The molecule has 65 heavy (non-hydrogen) atoms. The second-order valence-corrected chi connectivity index (χ2v) is 16.6. The largest absolute Gasteiger partial charge is 0.481 e. The molecular weight excluding hydrogens is 851 g/mol. The van der Waals surface area contributed by atoms with Gasteiger partial charge in [0.25, 0.3) is 0 Å². The summed E-state index contributed by atoms with van der Waals surface area (Å²) in [5.74, 6) is -9.27. The van der Waals surface area contributed by atoms with Crippen molar-refractivity contribution in [3.63, 3.8) is 0 Å².